The van der Waals surface area contributed by atoms with Crippen molar-refractivity contribution in [2.75, 3.05) is 6.54 Å². The minimum atomic E-state index is -4.39. The van der Waals surface area contributed by atoms with Crippen molar-refractivity contribution in [3.05, 3.63) is 95.1 Å². The fourth-order valence-corrected chi connectivity index (χ4v) is 3.36. The van der Waals surface area contributed by atoms with Gasteiger partial charge in [0.05, 0.1) is 12.1 Å². The Hall–Kier alpha value is -3.09. The van der Waals surface area contributed by atoms with Crippen LogP contribution in [0.15, 0.2) is 66.9 Å². The second-order valence-electron chi connectivity index (χ2n) is 7.41. The van der Waals surface area contributed by atoms with Crippen molar-refractivity contribution in [2.45, 2.75) is 39.0 Å². The highest BCUT2D eigenvalue weighted by molar-refractivity contribution is 5.94. The van der Waals surface area contributed by atoms with E-state index in [4.69, 9.17) is 0 Å². The van der Waals surface area contributed by atoms with Crippen LogP contribution in [-0.4, -0.2) is 21.9 Å². The second-order valence-corrected chi connectivity index (χ2v) is 7.41. The molecule has 164 valence electrons. The number of aromatic nitrogens is 1. The molecule has 2 aromatic carbocycles. The highest BCUT2D eigenvalue weighted by Crippen LogP contribution is 2.29. The Bertz CT molecular complexity index is 1010. The van der Waals surface area contributed by atoms with Gasteiger partial charge in [-0.3, -0.25) is 4.79 Å². The van der Waals surface area contributed by atoms with Crippen molar-refractivity contribution in [1.29, 1.82) is 0 Å². The summed E-state index contributed by atoms with van der Waals surface area (Å²) in [5.41, 5.74) is 1.05. The van der Waals surface area contributed by atoms with Gasteiger partial charge in [0.15, 0.2) is 0 Å². The van der Waals surface area contributed by atoms with E-state index >= 15 is 0 Å². The summed E-state index contributed by atoms with van der Waals surface area (Å²) in [7, 11) is 0. The number of amides is 1. The maximum atomic E-state index is 13.2. The molecule has 0 unspecified atom stereocenters. The number of benzene rings is 2. The van der Waals surface area contributed by atoms with E-state index in [2.05, 4.69) is 0 Å². The third kappa shape index (κ3) is 5.96. The summed E-state index contributed by atoms with van der Waals surface area (Å²) in [5, 5.41) is 0. The van der Waals surface area contributed by atoms with Crippen molar-refractivity contribution in [1.82, 2.24) is 9.47 Å². The van der Waals surface area contributed by atoms with E-state index in [0.717, 1.165) is 30.7 Å². The maximum absolute atomic E-state index is 13.2. The second kappa shape index (κ2) is 9.81. The van der Waals surface area contributed by atoms with Crippen molar-refractivity contribution in [3.63, 3.8) is 0 Å². The molecule has 0 fully saturated rings. The summed E-state index contributed by atoms with van der Waals surface area (Å²) in [5.74, 6) is -0.619. The van der Waals surface area contributed by atoms with Crippen LogP contribution < -0.4 is 0 Å². The number of hydrogen-bond acceptors (Lipinski definition) is 1. The van der Waals surface area contributed by atoms with Crippen LogP contribution in [-0.2, 0) is 19.3 Å². The molecule has 3 nitrogen and oxygen atoms in total. The molecule has 0 saturated carbocycles. The molecular weight excluding hydrogens is 408 g/mol. The zero-order valence-corrected chi connectivity index (χ0v) is 17.2. The minimum Gasteiger partial charge on any atom is -0.345 e. The average Bonchev–Trinajstić information content (AvgIpc) is 3.17. The summed E-state index contributed by atoms with van der Waals surface area (Å²) in [6, 6.07) is 14.3. The molecule has 3 aromatic rings. The van der Waals surface area contributed by atoms with Gasteiger partial charge < -0.3 is 9.47 Å². The molecule has 0 aliphatic rings. The smallest absolute Gasteiger partial charge is 0.345 e. The zero-order chi connectivity index (χ0) is 22.4. The van der Waals surface area contributed by atoms with E-state index in [-0.39, 0.29) is 12.5 Å². The summed E-state index contributed by atoms with van der Waals surface area (Å²) in [6.45, 7) is 3.12. The van der Waals surface area contributed by atoms with Gasteiger partial charge in [-0.05, 0) is 60.5 Å². The van der Waals surface area contributed by atoms with E-state index in [1.165, 1.54) is 30.3 Å². The van der Waals surface area contributed by atoms with Crippen molar-refractivity contribution >= 4 is 5.91 Å². The molecule has 31 heavy (non-hydrogen) atoms. The first-order chi connectivity index (χ1) is 14.8. The van der Waals surface area contributed by atoms with Crippen LogP contribution in [0.3, 0.4) is 0 Å². The van der Waals surface area contributed by atoms with Crippen LogP contribution in [0.5, 0.6) is 0 Å². The predicted octanol–water partition coefficient (Wildman–Crippen LogP) is 6.14. The van der Waals surface area contributed by atoms with E-state index in [1.807, 2.05) is 23.6 Å². The van der Waals surface area contributed by atoms with Gasteiger partial charge in [-0.25, -0.2) is 4.39 Å². The molecule has 0 bridgehead atoms. The average molecular weight is 432 g/mol. The van der Waals surface area contributed by atoms with Crippen molar-refractivity contribution in [3.8, 4) is 0 Å². The first kappa shape index (κ1) is 22.6. The Morgan fingerprint density at radius 1 is 1.03 bits per heavy atom. The van der Waals surface area contributed by atoms with Crippen LogP contribution in [0.25, 0.3) is 0 Å². The molecule has 0 aliphatic carbocycles. The Labute approximate surface area is 178 Å². The topological polar surface area (TPSA) is 25.2 Å². The molecular formula is C24H24F4N2O. The highest BCUT2D eigenvalue weighted by Gasteiger charge is 2.30. The van der Waals surface area contributed by atoms with Gasteiger partial charge in [0.25, 0.3) is 5.91 Å². The molecule has 0 aliphatic heterocycles. The summed E-state index contributed by atoms with van der Waals surface area (Å²) < 4.78 is 54.1. The lowest BCUT2D eigenvalue weighted by Crippen LogP contribution is -2.32. The Kier molecular flexibility index (Phi) is 7.15. The molecule has 0 saturated heterocycles. The number of nitrogens with zero attached hydrogens (tertiary/aromatic N) is 2. The molecule has 0 radical (unpaired) electrons. The Morgan fingerprint density at radius 2 is 1.77 bits per heavy atom. The van der Waals surface area contributed by atoms with Crippen LogP contribution >= 0.6 is 0 Å². The zero-order valence-electron chi connectivity index (χ0n) is 17.2. The fourth-order valence-electron chi connectivity index (χ4n) is 3.36. The number of halogens is 4. The molecule has 0 atom stereocenters. The third-order valence-electron chi connectivity index (χ3n) is 5.04. The lowest BCUT2D eigenvalue weighted by atomic mass is 10.1. The van der Waals surface area contributed by atoms with Crippen molar-refractivity contribution < 1.29 is 22.4 Å². The summed E-state index contributed by atoms with van der Waals surface area (Å²) in [4.78, 5) is 14.7. The van der Waals surface area contributed by atoms with Crippen LogP contribution in [0.4, 0.5) is 17.6 Å². The standard InChI is InChI=1S/C24H24F4N2O/c1-2-3-13-30(23(31)19-9-11-21(25)12-10-19)17-22-8-5-14-29(22)16-18-6-4-7-20(15-18)24(26,27)28/h4-12,14-15H,2-3,13,16-17H2,1H3. The molecule has 7 heteroatoms. The number of unbranched alkanes of at least 4 members (excludes halogenated alkanes) is 1. The van der Waals surface area contributed by atoms with Gasteiger partial charge in [0, 0.05) is 30.5 Å². The first-order valence-corrected chi connectivity index (χ1v) is 10.1. The van der Waals surface area contributed by atoms with E-state index < -0.39 is 17.6 Å². The van der Waals surface area contributed by atoms with Gasteiger partial charge in [-0.2, -0.15) is 13.2 Å². The minimum absolute atomic E-state index is 0.208. The van der Waals surface area contributed by atoms with Crippen LogP contribution in [0, 0.1) is 5.82 Å². The van der Waals surface area contributed by atoms with Gasteiger partial charge in [-0.1, -0.05) is 25.5 Å². The van der Waals surface area contributed by atoms with Crippen LogP contribution in [0.1, 0.15) is 46.9 Å². The number of carbonyl (C=O) groups is 1. The number of carbonyl (C=O) groups excluding carboxylic acids is 1. The number of rotatable bonds is 8. The molecule has 1 amide bonds. The van der Waals surface area contributed by atoms with E-state index in [1.54, 1.807) is 17.2 Å². The first-order valence-electron chi connectivity index (χ1n) is 10.1. The number of hydrogen-bond donors (Lipinski definition) is 0. The van der Waals surface area contributed by atoms with E-state index in [9.17, 15) is 22.4 Å². The van der Waals surface area contributed by atoms with Crippen molar-refractivity contribution in [2.24, 2.45) is 0 Å². The lowest BCUT2D eigenvalue weighted by Gasteiger charge is -2.24. The van der Waals surface area contributed by atoms with Gasteiger partial charge >= 0.3 is 6.18 Å². The van der Waals surface area contributed by atoms with Gasteiger partial charge in [0.2, 0.25) is 0 Å². The molecule has 0 spiro atoms. The number of alkyl halides is 3. The van der Waals surface area contributed by atoms with Gasteiger partial charge in [-0.15, -0.1) is 0 Å². The normalized spacial score (nSPS) is 11.5. The Balaban J connectivity index is 1.80. The van der Waals surface area contributed by atoms with E-state index in [0.29, 0.717) is 24.2 Å². The third-order valence-corrected chi connectivity index (χ3v) is 5.04. The predicted molar refractivity (Wildman–Crippen MR) is 111 cm³/mol. The summed E-state index contributed by atoms with van der Waals surface area (Å²) >= 11 is 0. The molecule has 0 N–H and O–H groups in total. The monoisotopic (exact) mass is 432 g/mol. The molecule has 3 rings (SSSR count). The molecule has 1 heterocycles. The van der Waals surface area contributed by atoms with Crippen LogP contribution in [0.2, 0.25) is 0 Å². The Morgan fingerprint density at radius 3 is 2.45 bits per heavy atom. The lowest BCUT2D eigenvalue weighted by molar-refractivity contribution is -0.137. The quantitative estimate of drug-likeness (QED) is 0.393. The maximum Gasteiger partial charge on any atom is 0.416 e. The SMILES string of the molecule is CCCCN(Cc1cccn1Cc1cccc(C(F)(F)F)c1)C(=O)c1ccc(F)cc1. The highest BCUT2D eigenvalue weighted by atomic mass is 19.4. The van der Waals surface area contributed by atoms with Gasteiger partial charge in [0.1, 0.15) is 5.82 Å². The fraction of sp³-hybridized carbons (Fsp3) is 0.292. The molecule has 1 aromatic heterocycles. The summed E-state index contributed by atoms with van der Waals surface area (Å²) in [6.07, 6.45) is -0.899. The largest absolute Gasteiger partial charge is 0.416 e.